The van der Waals surface area contributed by atoms with Crippen LogP contribution < -0.4 is 0 Å². The van der Waals surface area contributed by atoms with Crippen molar-refractivity contribution >= 4 is 11.6 Å². The van der Waals surface area contributed by atoms with Crippen LogP contribution in [0.25, 0.3) is 0 Å². The summed E-state index contributed by atoms with van der Waals surface area (Å²) in [5.41, 5.74) is 2.89. The van der Waals surface area contributed by atoms with E-state index in [1.807, 2.05) is 6.07 Å². The first-order chi connectivity index (χ1) is 7.91. The highest BCUT2D eigenvalue weighted by Gasteiger charge is 2.34. The first kappa shape index (κ1) is 12.9. The number of likely N-dealkylation sites (tertiary alicyclic amines) is 1. The molecule has 1 atom stereocenters. The monoisotopic (exact) mass is 251 g/mol. The molecule has 0 aliphatic carbocycles. The molecule has 1 saturated heterocycles. The lowest BCUT2D eigenvalue weighted by Gasteiger charge is -2.37. The van der Waals surface area contributed by atoms with Gasteiger partial charge in [-0.2, -0.15) is 0 Å². The fraction of sp³-hybridized carbons (Fsp3) is 0.600. The summed E-state index contributed by atoms with van der Waals surface area (Å²) in [6, 6.07) is 6.82. The molecule has 0 saturated carbocycles. The molecule has 17 heavy (non-hydrogen) atoms. The Morgan fingerprint density at radius 3 is 2.65 bits per heavy atom. The Labute approximate surface area is 110 Å². The molecule has 0 amide bonds. The van der Waals surface area contributed by atoms with E-state index in [-0.39, 0.29) is 5.54 Å². The van der Waals surface area contributed by atoms with Gasteiger partial charge in [0.2, 0.25) is 0 Å². The summed E-state index contributed by atoms with van der Waals surface area (Å²) in [6.45, 7) is 10.2. The normalized spacial score (nSPS) is 22.1. The van der Waals surface area contributed by atoms with E-state index in [4.69, 9.17) is 11.6 Å². The summed E-state index contributed by atoms with van der Waals surface area (Å²) in [6.07, 6.45) is 2.53. The Bertz CT molecular complexity index is 406. The second-order valence-electron chi connectivity index (χ2n) is 5.98. The van der Waals surface area contributed by atoms with Crippen LogP contribution in [-0.4, -0.2) is 17.0 Å². The summed E-state index contributed by atoms with van der Waals surface area (Å²) < 4.78 is 0. The molecular weight excluding hydrogens is 230 g/mol. The van der Waals surface area contributed by atoms with Gasteiger partial charge < -0.3 is 0 Å². The number of benzene rings is 1. The molecule has 0 radical (unpaired) electrons. The van der Waals surface area contributed by atoms with Gasteiger partial charge in [0, 0.05) is 16.6 Å². The molecule has 0 N–H and O–H groups in total. The molecule has 94 valence electrons. The van der Waals surface area contributed by atoms with Crippen molar-refractivity contribution < 1.29 is 0 Å². The van der Waals surface area contributed by atoms with Gasteiger partial charge in [-0.3, -0.25) is 4.90 Å². The Morgan fingerprint density at radius 2 is 2.00 bits per heavy atom. The highest BCUT2D eigenvalue weighted by molar-refractivity contribution is 6.31. The van der Waals surface area contributed by atoms with Gasteiger partial charge in [-0.25, -0.2) is 0 Å². The first-order valence-electron chi connectivity index (χ1n) is 6.43. The second-order valence-corrected chi connectivity index (χ2v) is 6.38. The van der Waals surface area contributed by atoms with Gasteiger partial charge in [0.15, 0.2) is 0 Å². The zero-order valence-electron chi connectivity index (χ0n) is 11.3. The summed E-state index contributed by atoms with van der Waals surface area (Å²) in [7, 11) is 0. The van der Waals surface area contributed by atoms with Crippen molar-refractivity contribution in [1.82, 2.24) is 4.90 Å². The van der Waals surface area contributed by atoms with Gasteiger partial charge in [-0.05, 0) is 64.3 Å². The van der Waals surface area contributed by atoms with Crippen molar-refractivity contribution in [1.29, 1.82) is 0 Å². The Morgan fingerprint density at radius 1 is 1.29 bits per heavy atom. The standard InChI is InChI=1S/C15H22ClN/c1-11-12(7-5-8-13(11)16)14-9-6-10-17(14)15(2,3)4/h5,7-8,14H,6,9-10H2,1-4H3. The lowest BCUT2D eigenvalue weighted by atomic mass is 9.96. The number of rotatable bonds is 1. The molecule has 1 fully saturated rings. The quantitative estimate of drug-likeness (QED) is 0.706. The van der Waals surface area contributed by atoms with Crippen LogP contribution in [0.4, 0.5) is 0 Å². The minimum Gasteiger partial charge on any atom is -0.291 e. The largest absolute Gasteiger partial charge is 0.291 e. The lowest BCUT2D eigenvalue weighted by Crippen LogP contribution is -2.40. The number of hydrogen-bond acceptors (Lipinski definition) is 1. The average Bonchev–Trinajstić information content (AvgIpc) is 2.70. The van der Waals surface area contributed by atoms with Crippen LogP contribution in [0, 0.1) is 6.92 Å². The van der Waals surface area contributed by atoms with Crippen molar-refractivity contribution in [3.05, 3.63) is 34.3 Å². The van der Waals surface area contributed by atoms with Crippen LogP contribution in [-0.2, 0) is 0 Å². The lowest BCUT2D eigenvalue weighted by molar-refractivity contribution is 0.121. The highest BCUT2D eigenvalue weighted by atomic mass is 35.5. The Hall–Kier alpha value is -0.530. The van der Waals surface area contributed by atoms with Gasteiger partial charge in [-0.15, -0.1) is 0 Å². The van der Waals surface area contributed by atoms with Gasteiger partial charge in [0.25, 0.3) is 0 Å². The molecule has 1 aromatic rings. The van der Waals surface area contributed by atoms with E-state index in [0.29, 0.717) is 6.04 Å². The molecule has 1 heterocycles. The van der Waals surface area contributed by atoms with E-state index in [0.717, 1.165) is 5.02 Å². The van der Waals surface area contributed by atoms with Crippen molar-refractivity contribution in [2.24, 2.45) is 0 Å². The third kappa shape index (κ3) is 2.51. The molecule has 1 nitrogen and oxygen atoms in total. The SMILES string of the molecule is Cc1c(Cl)cccc1C1CCCN1C(C)(C)C. The van der Waals surface area contributed by atoms with Crippen LogP contribution in [0.5, 0.6) is 0 Å². The van der Waals surface area contributed by atoms with Crippen LogP contribution in [0.15, 0.2) is 18.2 Å². The van der Waals surface area contributed by atoms with E-state index in [1.165, 1.54) is 30.5 Å². The van der Waals surface area contributed by atoms with Crippen LogP contribution >= 0.6 is 11.6 Å². The molecule has 0 aromatic heterocycles. The molecule has 1 unspecified atom stereocenters. The Kier molecular flexibility index (Phi) is 3.51. The number of halogens is 1. The van der Waals surface area contributed by atoms with Crippen molar-refractivity contribution in [3.63, 3.8) is 0 Å². The highest BCUT2D eigenvalue weighted by Crippen LogP contribution is 2.39. The minimum atomic E-state index is 0.232. The third-order valence-corrected chi connectivity index (χ3v) is 4.19. The molecular formula is C15H22ClN. The average molecular weight is 252 g/mol. The molecule has 1 aromatic carbocycles. The van der Waals surface area contributed by atoms with Crippen molar-refractivity contribution in [2.45, 2.75) is 52.1 Å². The first-order valence-corrected chi connectivity index (χ1v) is 6.81. The Balaban J connectivity index is 2.36. The summed E-state index contributed by atoms with van der Waals surface area (Å²) >= 11 is 6.24. The summed E-state index contributed by atoms with van der Waals surface area (Å²) in [4.78, 5) is 2.60. The maximum atomic E-state index is 6.24. The molecule has 1 aliphatic rings. The van der Waals surface area contributed by atoms with Gasteiger partial charge >= 0.3 is 0 Å². The maximum Gasteiger partial charge on any atom is 0.0438 e. The zero-order valence-corrected chi connectivity index (χ0v) is 12.0. The molecule has 2 rings (SSSR count). The molecule has 2 heteroatoms. The minimum absolute atomic E-state index is 0.232. The number of nitrogens with zero attached hydrogens (tertiary/aromatic N) is 1. The van der Waals surface area contributed by atoms with Gasteiger partial charge in [0.05, 0.1) is 0 Å². The topological polar surface area (TPSA) is 3.24 Å². The van der Waals surface area contributed by atoms with Gasteiger partial charge in [0.1, 0.15) is 0 Å². The van der Waals surface area contributed by atoms with E-state index in [9.17, 15) is 0 Å². The smallest absolute Gasteiger partial charge is 0.0438 e. The summed E-state index contributed by atoms with van der Waals surface area (Å²) in [5, 5.41) is 0.892. The fourth-order valence-corrected chi connectivity index (χ4v) is 3.06. The van der Waals surface area contributed by atoms with Crippen molar-refractivity contribution in [3.8, 4) is 0 Å². The predicted molar refractivity (Wildman–Crippen MR) is 74.6 cm³/mol. The predicted octanol–water partition coefficient (Wildman–Crippen LogP) is 4.58. The van der Waals surface area contributed by atoms with Crippen LogP contribution in [0.1, 0.15) is 50.8 Å². The summed E-state index contributed by atoms with van der Waals surface area (Å²) in [5.74, 6) is 0. The maximum absolute atomic E-state index is 6.24. The van der Waals surface area contributed by atoms with E-state index in [2.05, 4.69) is 44.7 Å². The van der Waals surface area contributed by atoms with Crippen LogP contribution in [0.3, 0.4) is 0 Å². The zero-order chi connectivity index (χ0) is 12.6. The third-order valence-electron chi connectivity index (χ3n) is 3.78. The van der Waals surface area contributed by atoms with Crippen LogP contribution in [0.2, 0.25) is 5.02 Å². The second kappa shape index (κ2) is 4.62. The fourth-order valence-electron chi connectivity index (χ4n) is 2.88. The molecule has 0 spiro atoms. The van der Waals surface area contributed by atoms with Gasteiger partial charge in [-0.1, -0.05) is 23.7 Å². The van der Waals surface area contributed by atoms with E-state index in [1.54, 1.807) is 0 Å². The van der Waals surface area contributed by atoms with Crippen molar-refractivity contribution in [2.75, 3.05) is 6.54 Å². The molecule has 1 aliphatic heterocycles. The molecule has 0 bridgehead atoms. The van der Waals surface area contributed by atoms with E-state index >= 15 is 0 Å². The number of hydrogen-bond donors (Lipinski definition) is 0. The van der Waals surface area contributed by atoms with E-state index < -0.39 is 0 Å².